The number of nitrogens with two attached hydrogens (primary N) is 1. The molecule has 4 N–H and O–H groups in total. The van der Waals surface area contributed by atoms with E-state index in [1.165, 1.54) is 12.1 Å². The number of halogens is 1. The van der Waals surface area contributed by atoms with Crippen LogP contribution in [0.2, 0.25) is 0 Å². The van der Waals surface area contributed by atoms with E-state index in [-0.39, 0.29) is 17.4 Å². The number of hydrogen-bond acceptors (Lipinski definition) is 3. The molecule has 1 aromatic carbocycles. The van der Waals surface area contributed by atoms with Gasteiger partial charge in [0.1, 0.15) is 11.5 Å². The minimum atomic E-state index is -3.74. The second kappa shape index (κ2) is 3.91. The zero-order valence-electron chi connectivity index (χ0n) is 8.40. The highest BCUT2D eigenvalue weighted by molar-refractivity contribution is 7.90. The van der Waals surface area contributed by atoms with Crippen molar-refractivity contribution < 1.29 is 12.8 Å². The van der Waals surface area contributed by atoms with Crippen LogP contribution in [0.5, 0.6) is 0 Å². The number of para-hydroxylation sites is 1. The van der Waals surface area contributed by atoms with Crippen molar-refractivity contribution in [3.8, 4) is 0 Å². The number of nitrogens with one attached hydrogen (secondary N) is 2. The van der Waals surface area contributed by atoms with Gasteiger partial charge in [0, 0.05) is 6.04 Å². The Labute approximate surface area is 93.0 Å². The van der Waals surface area contributed by atoms with Crippen molar-refractivity contribution >= 4 is 21.6 Å². The fraction of sp³-hybridized carbons (Fsp3) is 0.333. The average Bonchev–Trinajstić information content (AvgIpc) is 2.95. The van der Waals surface area contributed by atoms with E-state index in [0.29, 0.717) is 0 Å². The molecule has 88 valence electrons. The van der Waals surface area contributed by atoms with Crippen LogP contribution in [-0.2, 0) is 10.2 Å². The SMILES string of the molecule is Nc1cccc(F)c1NS(=O)(=O)NC1CC1. The monoisotopic (exact) mass is 245 g/mol. The first-order valence-corrected chi connectivity index (χ1v) is 6.30. The summed E-state index contributed by atoms with van der Waals surface area (Å²) in [6.45, 7) is 0. The lowest BCUT2D eigenvalue weighted by Crippen LogP contribution is -2.32. The van der Waals surface area contributed by atoms with E-state index in [2.05, 4.69) is 9.44 Å². The van der Waals surface area contributed by atoms with Crippen LogP contribution in [0, 0.1) is 5.82 Å². The molecule has 0 unspecified atom stereocenters. The third-order valence-electron chi connectivity index (χ3n) is 2.18. The third-order valence-corrected chi connectivity index (χ3v) is 3.30. The highest BCUT2D eigenvalue weighted by Gasteiger charge is 2.27. The number of rotatable bonds is 4. The van der Waals surface area contributed by atoms with E-state index in [1.54, 1.807) is 0 Å². The molecular formula is C9H12FN3O2S. The van der Waals surface area contributed by atoms with E-state index >= 15 is 0 Å². The van der Waals surface area contributed by atoms with Crippen LogP contribution in [0.25, 0.3) is 0 Å². The maximum Gasteiger partial charge on any atom is 0.299 e. The Bertz CT molecular complexity index is 479. The van der Waals surface area contributed by atoms with Gasteiger partial charge in [-0.1, -0.05) is 6.07 Å². The first-order chi connectivity index (χ1) is 7.48. The Balaban J connectivity index is 2.19. The van der Waals surface area contributed by atoms with E-state index in [1.807, 2.05) is 0 Å². The molecule has 1 saturated carbocycles. The smallest absolute Gasteiger partial charge is 0.299 e. The second-order valence-corrected chi connectivity index (χ2v) is 5.15. The van der Waals surface area contributed by atoms with Crippen molar-refractivity contribution in [3.63, 3.8) is 0 Å². The predicted molar refractivity (Wildman–Crippen MR) is 59.5 cm³/mol. The van der Waals surface area contributed by atoms with Crippen molar-refractivity contribution in [1.82, 2.24) is 4.72 Å². The minimum absolute atomic E-state index is 0.0366. The molecule has 1 aliphatic carbocycles. The lowest BCUT2D eigenvalue weighted by Gasteiger charge is -2.11. The number of benzene rings is 1. The standard InChI is InChI=1S/C9H12FN3O2S/c10-7-2-1-3-8(11)9(7)13-16(14,15)12-6-4-5-6/h1-3,6,12-13H,4-5,11H2. The summed E-state index contributed by atoms with van der Waals surface area (Å²) < 4.78 is 40.8. The maximum absolute atomic E-state index is 13.3. The van der Waals surface area contributed by atoms with Gasteiger partial charge in [-0.2, -0.15) is 13.1 Å². The van der Waals surface area contributed by atoms with Crippen LogP contribution in [0.1, 0.15) is 12.8 Å². The first kappa shape index (κ1) is 11.2. The summed E-state index contributed by atoms with van der Waals surface area (Å²) in [6, 6.07) is 3.95. The predicted octanol–water partition coefficient (Wildman–Crippen LogP) is 0.817. The minimum Gasteiger partial charge on any atom is -0.397 e. The molecule has 0 heterocycles. The molecule has 0 saturated heterocycles. The van der Waals surface area contributed by atoms with Crippen LogP contribution >= 0.6 is 0 Å². The average molecular weight is 245 g/mol. The summed E-state index contributed by atoms with van der Waals surface area (Å²) in [7, 11) is -3.74. The molecule has 0 aliphatic heterocycles. The Morgan fingerprint density at radius 2 is 2.06 bits per heavy atom. The van der Waals surface area contributed by atoms with Gasteiger partial charge in [-0.3, -0.25) is 4.72 Å². The van der Waals surface area contributed by atoms with Crippen LogP contribution in [0.4, 0.5) is 15.8 Å². The Hall–Kier alpha value is -1.34. The van der Waals surface area contributed by atoms with Gasteiger partial charge in [-0.05, 0) is 25.0 Å². The molecule has 1 fully saturated rings. The second-order valence-electron chi connectivity index (χ2n) is 3.70. The van der Waals surface area contributed by atoms with Crippen LogP contribution in [0.15, 0.2) is 18.2 Å². The lowest BCUT2D eigenvalue weighted by molar-refractivity contribution is 0.584. The molecule has 16 heavy (non-hydrogen) atoms. The zero-order chi connectivity index (χ0) is 11.8. The van der Waals surface area contributed by atoms with Crippen molar-refractivity contribution in [2.45, 2.75) is 18.9 Å². The number of hydrogen-bond donors (Lipinski definition) is 3. The Morgan fingerprint density at radius 3 is 2.62 bits per heavy atom. The van der Waals surface area contributed by atoms with Crippen LogP contribution in [0.3, 0.4) is 0 Å². The number of anilines is 2. The van der Waals surface area contributed by atoms with Gasteiger partial charge in [0.05, 0.1) is 5.69 Å². The van der Waals surface area contributed by atoms with Crippen molar-refractivity contribution in [1.29, 1.82) is 0 Å². The van der Waals surface area contributed by atoms with Gasteiger partial charge < -0.3 is 5.73 Å². The third kappa shape index (κ3) is 2.61. The molecule has 1 aromatic rings. The van der Waals surface area contributed by atoms with Crippen molar-refractivity contribution in [3.05, 3.63) is 24.0 Å². The Morgan fingerprint density at radius 1 is 1.38 bits per heavy atom. The fourth-order valence-electron chi connectivity index (χ4n) is 1.23. The van der Waals surface area contributed by atoms with Gasteiger partial charge in [0.25, 0.3) is 10.2 Å². The maximum atomic E-state index is 13.3. The molecule has 0 amide bonds. The lowest BCUT2D eigenvalue weighted by atomic mass is 10.3. The van der Waals surface area contributed by atoms with E-state index in [4.69, 9.17) is 5.73 Å². The first-order valence-electron chi connectivity index (χ1n) is 4.82. The van der Waals surface area contributed by atoms with E-state index in [9.17, 15) is 12.8 Å². The van der Waals surface area contributed by atoms with Crippen molar-refractivity contribution in [2.24, 2.45) is 0 Å². The summed E-state index contributed by atoms with van der Waals surface area (Å²) in [5.74, 6) is -0.693. The summed E-state index contributed by atoms with van der Waals surface area (Å²) in [5.41, 5.74) is 5.32. The van der Waals surface area contributed by atoms with Gasteiger partial charge in [0.15, 0.2) is 0 Å². The molecule has 2 rings (SSSR count). The van der Waals surface area contributed by atoms with Crippen LogP contribution < -0.4 is 15.2 Å². The molecular weight excluding hydrogens is 233 g/mol. The molecule has 0 radical (unpaired) electrons. The topological polar surface area (TPSA) is 84.2 Å². The zero-order valence-corrected chi connectivity index (χ0v) is 9.22. The Kier molecular flexibility index (Phi) is 2.73. The van der Waals surface area contributed by atoms with Gasteiger partial charge >= 0.3 is 0 Å². The van der Waals surface area contributed by atoms with Gasteiger partial charge in [-0.25, -0.2) is 4.39 Å². The number of nitrogen functional groups attached to an aromatic ring is 1. The summed E-state index contributed by atoms with van der Waals surface area (Å²) in [5, 5.41) is 0. The van der Waals surface area contributed by atoms with Crippen LogP contribution in [-0.4, -0.2) is 14.5 Å². The highest BCUT2D eigenvalue weighted by Crippen LogP contribution is 2.24. The molecule has 0 spiro atoms. The quantitative estimate of drug-likeness (QED) is 0.686. The van der Waals surface area contributed by atoms with Gasteiger partial charge in [-0.15, -0.1) is 0 Å². The molecule has 0 bridgehead atoms. The van der Waals surface area contributed by atoms with Gasteiger partial charge in [0.2, 0.25) is 0 Å². The summed E-state index contributed by atoms with van der Waals surface area (Å²) in [4.78, 5) is 0. The van der Waals surface area contributed by atoms with Crippen molar-refractivity contribution in [2.75, 3.05) is 10.5 Å². The highest BCUT2D eigenvalue weighted by atomic mass is 32.2. The normalized spacial score (nSPS) is 16.1. The van der Waals surface area contributed by atoms with E-state index < -0.39 is 16.0 Å². The fourth-order valence-corrected chi connectivity index (χ4v) is 2.45. The molecule has 5 nitrogen and oxygen atoms in total. The molecule has 7 heteroatoms. The molecule has 0 atom stereocenters. The molecule has 0 aromatic heterocycles. The van der Waals surface area contributed by atoms with E-state index in [0.717, 1.165) is 18.9 Å². The largest absolute Gasteiger partial charge is 0.397 e. The molecule has 1 aliphatic rings. The summed E-state index contributed by atoms with van der Waals surface area (Å²) in [6.07, 6.45) is 1.63. The summed E-state index contributed by atoms with van der Waals surface area (Å²) >= 11 is 0.